The number of nitrogens with zero attached hydrogens (tertiary/aromatic N) is 3. The normalized spacial score (nSPS) is 11.1. The molecule has 0 spiro atoms. The van der Waals surface area contributed by atoms with E-state index in [0.29, 0.717) is 27.9 Å². The minimum Gasteiger partial charge on any atom is -0.368 e. The Balaban J connectivity index is 1.80. The smallest absolute Gasteiger partial charge is 0.137 e. The molecule has 0 aliphatic heterocycles. The SMILES string of the molecule is CN(C)CCNc1nc(Cc2ccc(Cl)cc2)nc(Cc2ccc(Cl)cc2)c1-c1ccc(Cl)cc1. The zero-order valence-electron chi connectivity index (χ0n) is 19.7. The minimum absolute atomic E-state index is 0.605. The van der Waals surface area contributed by atoms with Crippen LogP contribution < -0.4 is 5.32 Å². The third kappa shape index (κ3) is 7.18. The Bertz CT molecular complexity index is 1260. The largest absolute Gasteiger partial charge is 0.368 e. The van der Waals surface area contributed by atoms with Crippen molar-refractivity contribution in [2.45, 2.75) is 12.8 Å². The molecule has 4 aromatic rings. The van der Waals surface area contributed by atoms with Crippen molar-refractivity contribution in [3.63, 3.8) is 0 Å². The van der Waals surface area contributed by atoms with Crippen LogP contribution in [0.4, 0.5) is 5.82 Å². The molecule has 0 radical (unpaired) electrons. The van der Waals surface area contributed by atoms with E-state index in [1.807, 2.05) is 72.8 Å². The van der Waals surface area contributed by atoms with Gasteiger partial charge in [-0.15, -0.1) is 0 Å². The van der Waals surface area contributed by atoms with E-state index in [4.69, 9.17) is 44.8 Å². The molecule has 1 N–H and O–H groups in total. The van der Waals surface area contributed by atoms with Crippen molar-refractivity contribution in [1.82, 2.24) is 14.9 Å². The fraction of sp³-hybridized carbons (Fsp3) is 0.214. The highest BCUT2D eigenvalue weighted by atomic mass is 35.5. The molecule has 7 heteroatoms. The molecule has 4 rings (SSSR count). The summed E-state index contributed by atoms with van der Waals surface area (Å²) < 4.78 is 0. The van der Waals surface area contributed by atoms with Gasteiger partial charge in [-0.1, -0.05) is 71.2 Å². The van der Waals surface area contributed by atoms with Gasteiger partial charge in [0.2, 0.25) is 0 Å². The second-order valence-corrected chi connectivity index (χ2v) is 9.96. The number of aromatic nitrogens is 2. The van der Waals surface area contributed by atoms with Crippen molar-refractivity contribution in [2.24, 2.45) is 0 Å². The van der Waals surface area contributed by atoms with Gasteiger partial charge in [-0.3, -0.25) is 0 Å². The van der Waals surface area contributed by atoms with Crippen LogP contribution in [0.15, 0.2) is 72.8 Å². The number of rotatable bonds is 9. The predicted octanol–water partition coefficient (Wildman–Crippen LogP) is 7.26. The first kappa shape index (κ1) is 25.5. The third-order valence-corrected chi connectivity index (χ3v) is 6.33. The number of hydrogen-bond acceptors (Lipinski definition) is 4. The molecule has 0 saturated heterocycles. The van der Waals surface area contributed by atoms with Crippen LogP contribution in [-0.2, 0) is 12.8 Å². The Kier molecular flexibility index (Phi) is 8.64. The van der Waals surface area contributed by atoms with Crippen LogP contribution in [0.1, 0.15) is 22.6 Å². The lowest BCUT2D eigenvalue weighted by atomic mass is 9.99. The van der Waals surface area contributed by atoms with Crippen molar-refractivity contribution >= 4 is 40.6 Å². The van der Waals surface area contributed by atoms with Crippen LogP contribution in [0, 0.1) is 0 Å². The van der Waals surface area contributed by atoms with Gasteiger partial charge in [0.1, 0.15) is 11.6 Å². The fourth-order valence-corrected chi connectivity index (χ4v) is 4.17. The van der Waals surface area contributed by atoms with Crippen molar-refractivity contribution in [2.75, 3.05) is 32.5 Å². The summed E-state index contributed by atoms with van der Waals surface area (Å²) in [5.74, 6) is 1.57. The standard InChI is InChI=1S/C28H27Cl3N4/c1-35(2)16-15-32-28-27(21-7-13-24(31)14-8-21)25(17-19-3-9-22(29)10-4-19)33-26(34-28)18-20-5-11-23(30)12-6-20/h3-14H,15-18H2,1-2H3,(H,32,33,34). The maximum atomic E-state index is 6.19. The second-order valence-electron chi connectivity index (χ2n) is 8.65. The predicted molar refractivity (Wildman–Crippen MR) is 148 cm³/mol. The average molecular weight is 526 g/mol. The zero-order valence-corrected chi connectivity index (χ0v) is 22.0. The van der Waals surface area contributed by atoms with Crippen LogP contribution >= 0.6 is 34.8 Å². The summed E-state index contributed by atoms with van der Waals surface area (Å²) in [6.45, 7) is 1.63. The maximum Gasteiger partial charge on any atom is 0.137 e. The molecule has 1 heterocycles. The summed E-state index contributed by atoms with van der Waals surface area (Å²) in [4.78, 5) is 12.2. The highest BCUT2D eigenvalue weighted by Gasteiger charge is 2.17. The molecular weight excluding hydrogens is 499 g/mol. The highest BCUT2D eigenvalue weighted by molar-refractivity contribution is 6.31. The Hall–Kier alpha value is -2.63. The minimum atomic E-state index is 0.605. The molecule has 0 saturated carbocycles. The number of anilines is 1. The first-order valence-electron chi connectivity index (χ1n) is 11.4. The topological polar surface area (TPSA) is 41.0 Å². The molecule has 35 heavy (non-hydrogen) atoms. The number of likely N-dealkylation sites (N-methyl/N-ethyl adjacent to an activating group) is 1. The quantitative estimate of drug-likeness (QED) is 0.250. The molecule has 1 aromatic heterocycles. The fourth-order valence-electron chi connectivity index (χ4n) is 3.79. The van der Waals surface area contributed by atoms with E-state index in [1.165, 1.54) is 0 Å². The lowest BCUT2D eigenvalue weighted by Crippen LogP contribution is -2.22. The molecule has 0 bridgehead atoms. The molecule has 180 valence electrons. The van der Waals surface area contributed by atoms with Gasteiger partial charge in [-0.2, -0.15) is 0 Å². The van der Waals surface area contributed by atoms with E-state index in [0.717, 1.165) is 52.7 Å². The zero-order chi connectivity index (χ0) is 24.8. The molecule has 0 unspecified atom stereocenters. The van der Waals surface area contributed by atoms with E-state index >= 15 is 0 Å². The first-order chi connectivity index (χ1) is 16.9. The Labute approximate surface area is 221 Å². The molecule has 0 amide bonds. The molecule has 0 aliphatic carbocycles. The van der Waals surface area contributed by atoms with Gasteiger partial charge in [-0.25, -0.2) is 9.97 Å². The van der Waals surface area contributed by atoms with Crippen LogP contribution in [0.25, 0.3) is 11.1 Å². The van der Waals surface area contributed by atoms with Crippen molar-refractivity contribution in [1.29, 1.82) is 0 Å². The average Bonchev–Trinajstić information content (AvgIpc) is 2.83. The number of halogens is 3. The summed E-state index contributed by atoms with van der Waals surface area (Å²) in [5, 5.41) is 5.67. The lowest BCUT2D eigenvalue weighted by Gasteiger charge is -2.18. The van der Waals surface area contributed by atoms with E-state index in [2.05, 4.69) is 24.3 Å². The summed E-state index contributed by atoms with van der Waals surface area (Å²) in [5.41, 5.74) is 5.17. The van der Waals surface area contributed by atoms with Crippen molar-refractivity contribution in [3.8, 4) is 11.1 Å². The maximum absolute atomic E-state index is 6.19. The van der Waals surface area contributed by atoms with E-state index in [-0.39, 0.29) is 0 Å². The van der Waals surface area contributed by atoms with Crippen LogP contribution in [0.3, 0.4) is 0 Å². The number of hydrogen-bond donors (Lipinski definition) is 1. The van der Waals surface area contributed by atoms with Crippen LogP contribution in [0.5, 0.6) is 0 Å². The lowest BCUT2D eigenvalue weighted by molar-refractivity contribution is 0.425. The molecular formula is C28H27Cl3N4. The second kappa shape index (κ2) is 11.9. The van der Waals surface area contributed by atoms with Crippen LogP contribution in [0.2, 0.25) is 15.1 Å². The van der Waals surface area contributed by atoms with Gasteiger partial charge in [0.25, 0.3) is 0 Å². The number of nitrogens with one attached hydrogen (secondary N) is 1. The first-order valence-corrected chi connectivity index (χ1v) is 12.5. The van der Waals surface area contributed by atoms with Gasteiger partial charge >= 0.3 is 0 Å². The van der Waals surface area contributed by atoms with Gasteiger partial charge in [0.15, 0.2) is 0 Å². The highest BCUT2D eigenvalue weighted by Crippen LogP contribution is 2.32. The van der Waals surface area contributed by atoms with E-state index in [1.54, 1.807) is 0 Å². The molecule has 3 aromatic carbocycles. The van der Waals surface area contributed by atoms with Crippen molar-refractivity contribution < 1.29 is 0 Å². The summed E-state index contributed by atoms with van der Waals surface area (Å²) in [7, 11) is 4.11. The summed E-state index contributed by atoms with van der Waals surface area (Å²) in [6, 6.07) is 23.5. The Morgan fingerprint density at radius 1 is 0.686 bits per heavy atom. The molecule has 0 fully saturated rings. The van der Waals surface area contributed by atoms with Gasteiger partial charge in [0, 0.05) is 46.6 Å². The Morgan fingerprint density at radius 2 is 1.20 bits per heavy atom. The van der Waals surface area contributed by atoms with Crippen LogP contribution in [-0.4, -0.2) is 42.1 Å². The summed E-state index contributed by atoms with van der Waals surface area (Å²) in [6.07, 6.45) is 1.25. The molecule has 0 aliphatic rings. The van der Waals surface area contributed by atoms with E-state index < -0.39 is 0 Å². The van der Waals surface area contributed by atoms with Crippen molar-refractivity contribution in [3.05, 3.63) is 111 Å². The molecule has 0 atom stereocenters. The Morgan fingerprint density at radius 3 is 1.74 bits per heavy atom. The monoisotopic (exact) mass is 524 g/mol. The van der Waals surface area contributed by atoms with E-state index in [9.17, 15) is 0 Å². The molecule has 4 nitrogen and oxygen atoms in total. The number of benzene rings is 3. The third-order valence-electron chi connectivity index (χ3n) is 5.57. The summed E-state index contributed by atoms with van der Waals surface area (Å²) >= 11 is 18.4. The van der Waals surface area contributed by atoms with Gasteiger partial charge in [0.05, 0.1) is 5.69 Å². The van der Waals surface area contributed by atoms with Gasteiger partial charge in [-0.05, 0) is 67.2 Å². The van der Waals surface area contributed by atoms with Gasteiger partial charge < -0.3 is 10.2 Å².